The average molecular weight is 468 g/mol. The zero-order chi connectivity index (χ0) is 24.6. The lowest BCUT2D eigenvalue weighted by Gasteiger charge is -2.16. The van der Waals surface area contributed by atoms with Gasteiger partial charge in [-0.2, -0.15) is 4.98 Å². The fraction of sp³-hybridized carbons (Fsp3) is 0.179. The normalized spacial score (nSPS) is 11.4. The van der Waals surface area contributed by atoms with Gasteiger partial charge in [0.2, 0.25) is 11.9 Å². The Morgan fingerprint density at radius 1 is 0.857 bits per heavy atom. The van der Waals surface area contributed by atoms with Gasteiger partial charge in [0, 0.05) is 28.8 Å². The van der Waals surface area contributed by atoms with Crippen molar-refractivity contribution in [3.8, 4) is 5.75 Å². The van der Waals surface area contributed by atoms with Gasteiger partial charge in [0.1, 0.15) is 11.6 Å². The smallest absolute Gasteiger partial charge is 0.231 e. The molecule has 1 aromatic heterocycles. The van der Waals surface area contributed by atoms with Crippen LogP contribution in [0.15, 0.2) is 84.9 Å². The number of carbonyl (C=O) groups excluding carboxylic acids is 1. The van der Waals surface area contributed by atoms with Crippen molar-refractivity contribution in [2.45, 2.75) is 26.2 Å². The molecule has 1 heterocycles. The van der Waals surface area contributed by atoms with Gasteiger partial charge in [0.05, 0.1) is 13.0 Å². The maximum Gasteiger partial charge on any atom is 0.231 e. The molecule has 0 saturated carbocycles. The number of nitrogens with zero attached hydrogens (tertiary/aromatic N) is 2. The van der Waals surface area contributed by atoms with Crippen LogP contribution < -0.4 is 20.7 Å². The molecule has 7 nitrogen and oxygen atoms in total. The Morgan fingerprint density at radius 2 is 1.49 bits per heavy atom. The minimum Gasteiger partial charge on any atom is -0.497 e. The van der Waals surface area contributed by atoms with Crippen LogP contribution >= 0.6 is 0 Å². The number of ether oxygens (including phenoxy) is 1. The Morgan fingerprint density at radius 3 is 2.14 bits per heavy atom. The molecular formula is C28H29N5O2. The van der Waals surface area contributed by atoms with Gasteiger partial charge in [-0.15, -0.1) is 0 Å². The van der Waals surface area contributed by atoms with Crippen molar-refractivity contribution >= 4 is 34.7 Å². The summed E-state index contributed by atoms with van der Waals surface area (Å²) in [7, 11) is 1.64. The summed E-state index contributed by atoms with van der Waals surface area (Å²) in [5.74, 6) is 1.75. The van der Waals surface area contributed by atoms with E-state index in [4.69, 9.17) is 4.74 Å². The highest BCUT2D eigenvalue weighted by Crippen LogP contribution is 2.24. The number of methoxy groups -OCH3 is 1. The van der Waals surface area contributed by atoms with E-state index in [0.717, 1.165) is 40.5 Å². The van der Waals surface area contributed by atoms with Gasteiger partial charge in [-0.1, -0.05) is 37.3 Å². The first-order valence-corrected chi connectivity index (χ1v) is 11.5. The summed E-state index contributed by atoms with van der Waals surface area (Å²) >= 11 is 0. The third kappa shape index (κ3) is 6.35. The lowest BCUT2D eigenvalue weighted by Crippen LogP contribution is -2.20. The molecule has 4 aromatic rings. The summed E-state index contributed by atoms with van der Waals surface area (Å²) in [4.78, 5) is 21.9. The summed E-state index contributed by atoms with van der Waals surface area (Å²) in [6.45, 7) is 3.94. The summed E-state index contributed by atoms with van der Waals surface area (Å²) in [5, 5.41) is 9.54. The number of benzene rings is 3. The molecule has 0 aliphatic heterocycles. The zero-order valence-electron chi connectivity index (χ0n) is 20.1. The second kappa shape index (κ2) is 11.2. The van der Waals surface area contributed by atoms with Crippen LogP contribution in [-0.2, 0) is 4.79 Å². The van der Waals surface area contributed by atoms with Crippen LogP contribution in [0.2, 0.25) is 0 Å². The monoisotopic (exact) mass is 467 g/mol. The van der Waals surface area contributed by atoms with Crippen molar-refractivity contribution in [2.75, 3.05) is 23.1 Å². The lowest BCUT2D eigenvalue weighted by atomic mass is 9.95. The summed E-state index contributed by atoms with van der Waals surface area (Å²) in [6, 6.07) is 26.9. The SMILES string of the molecule is CC[C@H](C(=O)Nc1ccc(Nc2nc(C)cc(Nc3ccc(OC)cc3)n2)cc1)c1ccccc1. The van der Waals surface area contributed by atoms with Gasteiger partial charge in [0.15, 0.2) is 0 Å². The van der Waals surface area contributed by atoms with E-state index < -0.39 is 0 Å². The van der Waals surface area contributed by atoms with Crippen LogP contribution in [0.5, 0.6) is 5.75 Å². The highest BCUT2D eigenvalue weighted by Gasteiger charge is 2.18. The van der Waals surface area contributed by atoms with Gasteiger partial charge in [0.25, 0.3) is 0 Å². The van der Waals surface area contributed by atoms with Crippen LogP contribution in [0, 0.1) is 6.92 Å². The minimum atomic E-state index is -0.189. The van der Waals surface area contributed by atoms with Crippen molar-refractivity contribution in [3.63, 3.8) is 0 Å². The molecule has 4 rings (SSSR count). The summed E-state index contributed by atoms with van der Waals surface area (Å²) in [5.41, 5.74) is 4.30. The lowest BCUT2D eigenvalue weighted by molar-refractivity contribution is -0.117. The van der Waals surface area contributed by atoms with E-state index in [0.29, 0.717) is 11.8 Å². The van der Waals surface area contributed by atoms with E-state index in [1.54, 1.807) is 7.11 Å². The topological polar surface area (TPSA) is 88.2 Å². The van der Waals surface area contributed by atoms with Crippen LogP contribution in [0.3, 0.4) is 0 Å². The van der Waals surface area contributed by atoms with Crippen LogP contribution in [0.4, 0.5) is 28.8 Å². The van der Waals surface area contributed by atoms with Crippen LogP contribution in [0.1, 0.15) is 30.5 Å². The van der Waals surface area contributed by atoms with Crippen molar-refractivity contribution in [1.82, 2.24) is 9.97 Å². The Kier molecular flexibility index (Phi) is 7.57. The molecular weight excluding hydrogens is 438 g/mol. The van der Waals surface area contributed by atoms with E-state index in [1.807, 2.05) is 98.8 Å². The zero-order valence-corrected chi connectivity index (χ0v) is 20.1. The Balaban J connectivity index is 1.41. The number of hydrogen-bond acceptors (Lipinski definition) is 6. The van der Waals surface area contributed by atoms with E-state index in [1.165, 1.54) is 0 Å². The number of aryl methyl sites for hydroxylation is 1. The van der Waals surface area contributed by atoms with E-state index in [-0.39, 0.29) is 11.8 Å². The van der Waals surface area contributed by atoms with Crippen molar-refractivity contribution in [1.29, 1.82) is 0 Å². The fourth-order valence-corrected chi connectivity index (χ4v) is 3.76. The predicted octanol–water partition coefficient (Wildman–Crippen LogP) is 6.41. The van der Waals surface area contributed by atoms with E-state index >= 15 is 0 Å². The Labute approximate surface area is 205 Å². The highest BCUT2D eigenvalue weighted by atomic mass is 16.5. The number of carbonyl (C=O) groups is 1. The number of aromatic nitrogens is 2. The van der Waals surface area contributed by atoms with Gasteiger partial charge in [-0.25, -0.2) is 4.98 Å². The molecule has 0 aliphatic rings. The highest BCUT2D eigenvalue weighted by molar-refractivity contribution is 5.96. The quantitative estimate of drug-likeness (QED) is 0.263. The second-order valence-corrected chi connectivity index (χ2v) is 8.13. The molecule has 0 saturated heterocycles. The minimum absolute atomic E-state index is 0.0179. The molecule has 0 bridgehead atoms. The van der Waals surface area contributed by atoms with Crippen molar-refractivity contribution in [2.24, 2.45) is 0 Å². The number of anilines is 5. The van der Waals surface area contributed by atoms with Gasteiger partial charge < -0.3 is 20.7 Å². The maximum absolute atomic E-state index is 12.8. The van der Waals surface area contributed by atoms with Crippen LogP contribution in [0.25, 0.3) is 0 Å². The molecule has 3 N–H and O–H groups in total. The fourth-order valence-electron chi connectivity index (χ4n) is 3.76. The summed E-state index contributed by atoms with van der Waals surface area (Å²) < 4.78 is 5.20. The maximum atomic E-state index is 12.8. The van der Waals surface area contributed by atoms with Gasteiger partial charge in [-0.05, 0) is 67.4 Å². The number of nitrogens with one attached hydrogen (secondary N) is 3. The number of hydrogen-bond donors (Lipinski definition) is 3. The predicted molar refractivity (Wildman–Crippen MR) is 141 cm³/mol. The molecule has 178 valence electrons. The average Bonchev–Trinajstić information content (AvgIpc) is 2.86. The van der Waals surface area contributed by atoms with Crippen LogP contribution in [-0.4, -0.2) is 23.0 Å². The molecule has 1 atom stereocenters. The molecule has 0 spiro atoms. The molecule has 1 amide bonds. The molecule has 0 unspecified atom stereocenters. The Hall–Kier alpha value is -4.39. The molecule has 0 aliphatic carbocycles. The molecule has 35 heavy (non-hydrogen) atoms. The second-order valence-electron chi connectivity index (χ2n) is 8.13. The number of rotatable bonds is 9. The molecule has 0 fully saturated rings. The van der Waals surface area contributed by atoms with Gasteiger partial charge >= 0.3 is 0 Å². The Bertz CT molecular complexity index is 1260. The third-order valence-corrected chi connectivity index (χ3v) is 5.55. The van der Waals surface area contributed by atoms with E-state index in [2.05, 4.69) is 25.9 Å². The first-order chi connectivity index (χ1) is 17.0. The van der Waals surface area contributed by atoms with Crippen molar-refractivity contribution < 1.29 is 9.53 Å². The summed E-state index contributed by atoms with van der Waals surface area (Å²) in [6.07, 6.45) is 0.729. The first-order valence-electron chi connectivity index (χ1n) is 11.5. The molecule has 3 aromatic carbocycles. The molecule has 0 radical (unpaired) electrons. The van der Waals surface area contributed by atoms with E-state index in [9.17, 15) is 4.79 Å². The standard InChI is InChI=1S/C28H29N5O2/c1-4-25(20-8-6-5-7-9-20)27(34)31-22-10-12-23(13-11-22)32-28-29-19(2)18-26(33-28)30-21-14-16-24(35-3)17-15-21/h5-18,25H,4H2,1-3H3,(H,31,34)(H2,29,30,32,33)/t25-/m0/s1. The van der Waals surface area contributed by atoms with Gasteiger partial charge in [-0.3, -0.25) is 4.79 Å². The largest absolute Gasteiger partial charge is 0.497 e. The first kappa shape index (κ1) is 23.8. The number of amides is 1. The third-order valence-electron chi connectivity index (χ3n) is 5.55. The molecule has 7 heteroatoms. The van der Waals surface area contributed by atoms with Crippen molar-refractivity contribution in [3.05, 3.63) is 96.2 Å².